The fourth-order valence-electron chi connectivity index (χ4n) is 2.67. The van der Waals surface area contributed by atoms with Gasteiger partial charge in [-0.15, -0.1) is 0 Å². The van der Waals surface area contributed by atoms with Crippen molar-refractivity contribution in [3.8, 4) is 0 Å². The molecule has 0 fully saturated rings. The van der Waals surface area contributed by atoms with Crippen molar-refractivity contribution in [2.45, 2.75) is 13.8 Å². The maximum Gasteiger partial charge on any atom is 0.131 e. The summed E-state index contributed by atoms with van der Waals surface area (Å²) in [5, 5.41) is 17.6. The molecule has 0 saturated carbocycles. The van der Waals surface area contributed by atoms with Gasteiger partial charge in [-0.3, -0.25) is 8.42 Å². The summed E-state index contributed by atoms with van der Waals surface area (Å²) < 4.78 is 34.1. The van der Waals surface area contributed by atoms with E-state index in [1.54, 1.807) is 0 Å². The Morgan fingerprint density at radius 2 is 1.00 bits per heavy atom. The monoisotopic (exact) mass is 428 g/mol. The lowest BCUT2D eigenvalue weighted by molar-refractivity contribution is -0.831. The van der Waals surface area contributed by atoms with E-state index in [-0.39, 0.29) is 13.2 Å². The van der Waals surface area contributed by atoms with Gasteiger partial charge in [0.1, 0.15) is 24.5 Å². The smallest absolute Gasteiger partial charge is 0.131 e. The van der Waals surface area contributed by atoms with Crippen molar-refractivity contribution >= 4 is 21.8 Å². The molecule has 0 heterocycles. The van der Waals surface area contributed by atoms with Crippen molar-refractivity contribution in [2.24, 2.45) is 0 Å². The van der Waals surface area contributed by atoms with E-state index in [2.05, 4.69) is 38.1 Å². The topological polar surface area (TPSA) is 130 Å². The van der Waals surface area contributed by atoms with Gasteiger partial charge in [-0.1, -0.05) is 36.4 Å². The first kappa shape index (κ1) is 27.1. The van der Waals surface area contributed by atoms with Gasteiger partial charge in [-0.05, 0) is 38.1 Å². The van der Waals surface area contributed by atoms with Crippen LogP contribution in [0.4, 0.5) is 11.4 Å². The zero-order valence-corrected chi connectivity index (χ0v) is 17.8. The van der Waals surface area contributed by atoms with Crippen LogP contribution in [-0.4, -0.2) is 67.1 Å². The van der Waals surface area contributed by atoms with E-state index in [1.165, 1.54) is 21.2 Å². The number of quaternary nitrogens is 2. The molecule has 2 aromatic carbocycles. The van der Waals surface area contributed by atoms with Crippen LogP contribution in [0, 0.1) is 0 Å². The Morgan fingerprint density at radius 3 is 1.21 bits per heavy atom. The Morgan fingerprint density at radius 1 is 0.724 bits per heavy atom. The van der Waals surface area contributed by atoms with E-state index in [9.17, 15) is 0 Å². The molecule has 8 nitrogen and oxygen atoms in total. The molecule has 29 heavy (non-hydrogen) atoms. The molecule has 4 N–H and O–H groups in total. The lowest BCUT2D eigenvalue weighted by atomic mass is 10.3. The summed E-state index contributed by atoms with van der Waals surface area (Å²) in [5.74, 6) is 0. The Labute approximate surface area is 173 Å². The summed E-state index contributed by atoms with van der Waals surface area (Å²) >= 11 is 0. The van der Waals surface area contributed by atoms with Crippen molar-refractivity contribution in [2.75, 3.05) is 39.4 Å². The predicted octanol–water partition coefficient (Wildman–Crippen LogP) is -0.908. The molecule has 2 atom stereocenters. The number of para-hydroxylation sites is 2. The first-order valence-electron chi connectivity index (χ1n) is 9.45. The molecule has 164 valence electrons. The molecule has 0 spiro atoms. The first-order valence-corrected chi connectivity index (χ1v) is 10.8. The normalized spacial score (nSPS) is 12.6. The molecular weight excluding hydrogens is 396 g/mol. The van der Waals surface area contributed by atoms with Gasteiger partial charge in [0.15, 0.2) is 0 Å². The van der Waals surface area contributed by atoms with Gasteiger partial charge in [0.25, 0.3) is 0 Å². The molecular formula is C20H32N2O6S. The van der Waals surface area contributed by atoms with Crippen molar-refractivity contribution < 1.29 is 37.5 Å². The number of rotatable bonds is 8. The Bertz CT molecular complexity index is 672. The second-order valence-corrected chi connectivity index (χ2v) is 6.82. The second kappa shape index (κ2) is 16.0. The van der Waals surface area contributed by atoms with Crippen LogP contribution >= 0.6 is 0 Å². The Balaban J connectivity index is 0.000000442. The van der Waals surface area contributed by atoms with Crippen LogP contribution in [0.25, 0.3) is 0 Å². The molecule has 0 saturated heterocycles. The molecule has 0 bridgehead atoms. The van der Waals surface area contributed by atoms with E-state index in [4.69, 9.17) is 27.7 Å². The number of nitrogens with one attached hydrogen (secondary N) is 2. The van der Waals surface area contributed by atoms with Gasteiger partial charge in [0, 0.05) is 10.4 Å². The lowest BCUT2D eigenvalue weighted by Crippen LogP contribution is -3.07. The van der Waals surface area contributed by atoms with Crippen LogP contribution in [0.5, 0.6) is 0 Å². The van der Waals surface area contributed by atoms with Crippen molar-refractivity contribution in [1.82, 2.24) is 0 Å². The average molecular weight is 429 g/mol. The summed E-state index contributed by atoms with van der Waals surface area (Å²) in [6.07, 6.45) is 0. The number of likely N-dealkylation sites (N-methyl/N-ethyl adjacent to an activating group) is 2. The van der Waals surface area contributed by atoms with E-state index in [0.717, 1.165) is 26.2 Å². The Hall–Kier alpha value is -1.85. The van der Waals surface area contributed by atoms with Gasteiger partial charge in [0.2, 0.25) is 0 Å². The maximum absolute atomic E-state index is 8.81. The zero-order valence-electron chi connectivity index (χ0n) is 17.0. The van der Waals surface area contributed by atoms with Crippen LogP contribution < -0.4 is 9.80 Å². The molecule has 0 aliphatic heterocycles. The molecule has 2 rings (SSSR count). The van der Waals surface area contributed by atoms with E-state index >= 15 is 0 Å². The molecule has 2 aromatic rings. The van der Waals surface area contributed by atoms with Gasteiger partial charge in [-0.2, -0.15) is 0 Å². The second-order valence-electron chi connectivity index (χ2n) is 6.00. The molecule has 0 aliphatic rings. The van der Waals surface area contributed by atoms with Crippen molar-refractivity contribution in [1.29, 1.82) is 0 Å². The highest BCUT2D eigenvalue weighted by atomic mass is 32.3. The predicted molar refractivity (Wildman–Crippen MR) is 110 cm³/mol. The van der Waals surface area contributed by atoms with Gasteiger partial charge in [0.05, 0.1) is 26.3 Å². The zero-order chi connectivity index (χ0) is 22.1. The van der Waals surface area contributed by atoms with Crippen LogP contribution in [0.2, 0.25) is 0 Å². The van der Waals surface area contributed by atoms with Crippen LogP contribution in [-0.2, 0) is 10.4 Å². The molecule has 0 aliphatic carbocycles. The molecule has 0 radical (unpaired) electrons. The van der Waals surface area contributed by atoms with Crippen molar-refractivity contribution in [3.05, 3.63) is 60.7 Å². The highest BCUT2D eigenvalue weighted by Gasteiger charge is 2.07. The maximum atomic E-state index is 8.81. The molecule has 0 amide bonds. The number of hydrogen-bond donors (Lipinski definition) is 4. The fraction of sp³-hybridized carbons (Fsp3) is 0.400. The third kappa shape index (κ3) is 14.8. The minimum absolute atomic E-state index is 0.248. The van der Waals surface area contributed by atoms with Crippen LogP contribution in [0.1, 0.15) is 13.8 Å². The average Bonchev–Trinajstić information content (AvgIpc) is 2.71. The fourth-order valence-corrected chi connectivity index (χ4v) is 2.67. The summed E-state index contributed by atoms with van der Waals surface area (Å²) in [4.78, 5) is 2.66. The van der Waals surface area contributed by atoms with E-state index < -0.39 is 10.4 Å². The summed E-state index contributed by atoms with van der Waals surface area (Å²) in [5.41, 5.74) is 2.52. The minimum Gasteiger partial charge on any atom is -0.759 e. The number of aliphatic hydroxyl groups excluding tert-OH is 2. The lowest BCUT2D eigenvalue weighted by Gasteiger charge is -2.15. The van der Waals surface area contributed by atoms with Gasteiger partial charge >= 0.3 is 0 Å². The van der Waals surface area contributed by atoms with Crippen LogP contribution in [0.15, 0.2) is 60.7 Å². The van der Waals surface area contributed by atoms with Crippen molar-refractivity contribution in [3.63, 3.8) is 0 Å². The highest BCUT2D eigenvalue weighted by Crippen LogP contribution is 1.98. The molecule has 0 aromatic heterocycles. The SMILES string of the molecule is CC[NH+](CCO)c1ccccc1.CC[NH+](CCO)c1ccccc1.O=S(=O)([O-])[O-]. The third-order valence-corrected chi connectivity index (χ3v) is 4.04. The number of aliphatic hydroxyl groups is 2. The molecule has 9 heteroatoms. The first-order chi connectivity index (χ1) is 13.8. The largest absolute Gasteiger partial charge is 0.759 e. The highest BCUT2D eigenvalue weighted by molar-refractivity contribution is 7.79. The summed E-state index contributed by atoms with van der Waals surface area (Å²) in [7, 11) is -5.17. The summed E-state index contributed by atoms with van der Waals surface area (Å²) in [6.45, 7) is 8.36. The Kier molecular flexibility index (Phi) is 15.0. The van der Waals surface area contributed by atoms with E-state index in [0.29, 0.717) is 0 Å². The minimum atomic E-state index is -5.17. The number of benzene rings is 2. The quantitative estimate of drug-likeness (QED) is 0.318. The third-order valence-electron chi connectivity index (χ3n) is 4.04. The summed E-state index contributed by atoms with van der Waals surface area (Å²) in [6, 6.07) is 20.5. The van der Waals surface area contributed by atoms with Gasteiger partial charge < -0.3 is 29.1 Å². The number of hydrogen-bond acceptors (Lipinski definition) is 6. The van der Waals surface area contributed by atoms with Crippen LogP contribution in [0.3, 0.4) is 0 Å². The molecule has 2 unspecified atom stereocenters. The standard InChI is InChI=1S/2C10H15NO.H2O4S/c2*1-2-11(8-9-12)10-6-4-3-5-7-10;1-5(2,3)4/h2*3-7,12H,2,8-9H2,1H3;(H2,1,2,3,4). The van der Waals surface area contributed by atoms with Gasteiger partial charge in [-0.25, -0.2) is 0 Å². The van der Waals surface area contributed by atoms with E-state index in [1.807, 2.05) is 36.4 Å².